The molecule has 3 rings (SSSR count). The van der Waals surface area contributed by atoms with Crippen molar-refractivity contribution in [1.29, 1.82) is 0 Å². The first-order valence-corrected chi connectivity index (χ1v) is 11.3. The number of aliphatic hydroxyl groups excluding tert-OH is 1. The van der Waals surface area contributed by atoms with Crippen molar-refractivity contribution in [3.63, 3.8) is 0 Å². The Labute approximate surface area is 195 Å². The van der Waals surface area contributed by atoms with Crippen molar-refractivity contribution in [2.24, 2.45) is 11.8 Å². The lowest BCUT2D eigenvalue weighted by atomic mass is 9.72. The zero-order valence-electron chi connectivity index (χ0n) is 19.4. The number of ketones is 1. The zero-order chi connectivity index (χ0) is 24.0. The quantitative estimate of drug-likeness (QED) is 0.187. The van der Waals surface area contributed by atoms with Crippen LogP contribution in [0.15, 0.2) is 78.1 Å². The van der Waals surface area contributed by atoms with E-state index in [9.17, 15) is 20.1 Å². The Morgan fingerprint density at radius 1 is 1.00 bits per heavy atom. The fourth-order valence-corrected chi connectivity index (χ4v) is 4.29. The molecule has 0 amide bonds. The topological polar surface area (TPSA) is 77.8 Å². The van der Waals surface area contributed by atoms with Crippen LogP contribution in [0.4, 0.5) is 0 Å². The maximum atomic E-state index is 12.1. The van der Waals surface area contributed by atoms with Crippen LogP contribution in [-0.2, 0) is 4.79 Å². The fraction of sp³-hybridized carbons (Fsp3) is 0.276. The van der Waals surface area contributed by atoms with Crippen LogP contribution in [0.3, 0.4) is 0 Å². The van der Waals surface area contributed by atoms with Crippen molar-refractivity contribution in [3.05, 3.63) is 94.8 Å². The van der Waals surface area contributed by atoms with Gasteiger partial charge in [0.1, 0.15) is 17.3 Å². The van der Waals surface area contributed by atoms with Crippen LogP contribution < -0.4 is 0 Å². The summed E-state index contributed by atoms with van der Waals surface area (Å²) in [4.78, 5) is 12.1. The van der Waals surface area contributed by atoms with Crippen LogP contribution in [-0.4, -0.2) is 21.1 Å². The third-order valence-electron chi connectivity index (χ3n) is 6.13. The van der Waals surface area contributed by atoms with Gasteiger partial charge in [-0.1, -0.05) is 55.8 Å². The van der Waals surface area contributed by atoms with Gasteiger partial charge in [-0.05, 0) is 79.1 Å². The van der Waals surface area contributed by atoms with Crippen LogP contribution in [0.1, 0.15) is 56.2 Å². The molecule has 0 radical (unpaired) electrons. The number of carbonyl (C=O) groups excluding carboxylic acids is 1. The third-order valence-corrected chi connectivity index (χ3v) is 6.13. The molecule has 1 aliphatic rings. The molecule has 1 aliphatic carbocycles. The van der Waals surface area contributed by atoms with E-state index < -0.39 is 0 Å². The fourth-order valence-electron chi connectivity index (χ4n) is 4.29. The first-order chi connectivity index (χ1) is 15.7. The van der Waals surface area contributed by atoms with Gasteiger partial charge in [0.05, 0.1) is 0 Å². The van der Waals surface area contributed by atoms with E-state index in [0.717, 1.165) is 35.6 Å². The van der Waals surface area contributed by atoms with Gasteiger partial charge in [-0.2, -0.15) is 0 Å². The maximum absolute atomic E-state index is 12.1. The van der Waals surface area contributed by atoms with Gasteiger partial charge in [0.25, 0.3) is 0 Å². The molecule has 0 bridgehead atoms. The minimum atomic E-state index is -0.348. The first-order valence-electron chi connectivity index (χ1n) is 11.3. The number of allylic oxidation sites excluding steroid dienone is 5. The number of carbonyl (C=O) groups is 1. The number of rotatable bonds is 7. The molecular weight excluding hydrogens is 412 g/mol. The van der Waals surface area contributed by atoms with Gasteiger partial charge in [-0.25, -0.2) is 0 Å². The van der Waals surface area contributed by atoms with Crippen molar-refractivity contribution >= 4 is 17.9 Å². The van der Waals surface area contributed by atoms with Crippen LogP contribution in [0.5, 0.6) is 11.5 Å². The maximum Gasteiger partial charge on any atom is 0.182 e. The lowest BCUT2D eigenvalue weighted by Crippen LogP contribution is -2.21. The van der Waals surface area contributed by atoms with Crippen LogP contribution >= 0.6 is 0 Å². The summed E-state index contributed by atoms with van der Waals surface area (Å²) < 4.78 is 0. The molecule has 172 valence electrons. The molecule has 0 aromatic heterocycles. The molecule has 33 heavy (non-hydrogen) atoms. The summed E-state index contributed by atoms with van der Waals surface area (Å²) in [5.74, 6) is 1.06. The average Bonchev–Trinajstić information content (AvgIpc) is 2.78. The van der Waals surface area contributed by atoms with E-state index in [2.05, 4.69) is 26.8 Å². The Morgan fingerprint density at radius 3 is 2.36 bits per heavy atom. The number of aromatic hydroxyl groups is 2. The molecule has 2 atom stereocenters. The molecular formula is C29H32O4. The van der Waals surface area contributed by atoms with Gasteiger partial charge < -0.3 is 15.3 Å². The number of hydrogen-bond acceptors (Lipinski definition) is 4. The summed E-state index contributed by atoms with van der Waals surface area (Å²) in [6.07, 6.45) is 11.8. The predicted molar refractivity (Wildman–Crippen MR) is 134 cm³/mol. The smallest absolute Gasteiger partial charge is 0.182 e. The standard InChI is InChI=1S/C29H32O4/c1-19(2)26-14-4-20(3)16-27(26)28-17-22(9-15-29(28)33)8-13-25(32)18-24(31)12-7-21-5-10-23(30)11-6-21/h5-13,15-19,26-27,30,32-33H,4,14H2,1-3H3/b12-7+,13-8+,25-18-/t26-,27+/m1/s1. The Morgan fingerprint density at radius 2 is 1.67 bits per heavy atom. The molecule has 4 heteroatoms. The normalized spacial score (nSPS) is 19.4. The van der Waals surface area contributed by atoms with Crippen LogP contribution in [0, 0.1) is 11.8 Å². The second-order valence-electron chi connectivity index (χ2n) is 9.03. The van der Waals surface area contributed by atoms with Crippen LogP contribution in [0.2, 0.25) is 0 Å². The Bertz CT molecular complexity index is 1100. The Hall–Kier alpha value is -3.53. The second-order valence-corrected chi connectivity index (χ2v) is 9.03. The van der Waals surface area contributed by atoms with E-state index in [-0.39, 0.29) is 29.0 Å². The van der Waals surface area contributed by atoms with Gasteiger partial charge in [-0.15, -0.1) is 0 Å². The molecule has 3 N–H and O–H groups in total. The van der Waals surface area contributed by atoms with Crippen molar-refractivity contribution in [1.82, 2.24) is 0 Å². The summed E-state index contributed by atoms with van der Waals surface area (Å²) >= 11 is 0. The first kappa shape index (κ1) is 24.1. The largest absolute Gasteiger partial charge is 0.508 e. The average molecular weight is 445 g/mol. The third kappa shape index (κ3) is 6.72. The molecule has 0 saturated carbocycles. The lowest BCUT2D eigenvalue weighted by molar-refractivity contribution is -0.110. The highest BCUT2D eigenvalue weighted by Crippen LogP contribution is 2.43. The van der Waals surface area contributed by atoms with E-state index in [1.807, 2.05) is 6.07 Å². The van der Waals surface area contributed by atoms with Crippen molar-refractivity contribution in [2.45, 2.75) is 39.5 Å². The Kier molecular flexibility index (Phi) is 7.94. The molecule has 0 unspecified atom stereocenters. The highest BCUT2D eigenvalue weighted by Gasteiger charge is 2.29. The van der Waals surface area contributed by atoms with Gasteiger partial charge in [-0.3, -0.25) is 4.79 Å². The summed E-state index contributed by atoms with van der Waals surface area (Å²) in [5, 5.41) is 30.0. The molecule has 2 aromatic carbocycles. The summed E-state index contributed by atoms with van der Waals surface area (Å²) in [5.41, 5.74) is 3.85. The van der Waals surface area contributed by atoms with E-state index >= 15 is 0 Å². The molecule has 0 fully saturated rings. The molecule has 0 heterocycles. The van der Waals surface area contributed by atoms with Crippen LogP contribution in [0.25, 0.3) is 12.2 Å². The minimum absolute atomic E-state index is 0.154. The van der Waals surface area contributed by atoms with Crippen molar-refractivity contribution in [2.75, 3.05) is 0 Å². The molecule has 0 spiro atoms. The molecule has 2 aromatic rings. The zero-order valence-corrected chi connectivity index (χ0v) is 19.4. The second kappa shape index (κ2) is 10.9. The van der Waals surface area contributed by atoms with E-state index in [0.29, 0.717) is 11.8 Å². The minimum Gasteiger partial charge on any atom is -0.508 e. The molecule has 4 nitrogen and oxygen atoms in total. The number of aliphatic hydroxyl groups is 1. The number of phenols is 2. The predicted octanol–water partition coefficient (Wildman–Crippen LogP) is 6.93. The Balaban J connectivity index is 1.75. The van der Waals surface area contributed by atoms with Gasteiger partial charge in [0.2, 0.25) is 0 Å². The van der Waals surface area contributed by atoms with Gasteiger partial charge >= 0.3 is 0 Å². The monoisotopic (exact) mass is 444 g/mol. The van der Waals surface area contributed by atoms with Gasteiger partial charge in [0, 0.05) is 17.6 Å². The highest BCUT2D eigenvalue weighted by molar-refractivity contribution is 6.02. The molecule has 0 aliphatic heterocycles. The summed E-state index contributed by atoms with van der Waals surface area (Å²) in [7, 11) is 0. The summed E-state index contributed by atoms with van der Waals surface area (Å²) in [6, 6.07) is 11.9. The van der Waals surface area contributed by atoms with Crippen molar-refractivity contribution in [3.8, 4) is 11.5 Å². The van der Waals surface area contributed by atoms with Crippen molar-refractivity contribution < 1.29 is 20.1 Å². The van der Waals surface area contributed by atoms with E-state index in [1.54, 1.807) is 48.6 Å². The van der Waals surface area contributed by atoms with Gasteiger partial charge in [0.15, 0.2) is 5.78 Å². The number of phenolic OH excluding ortho intramolecular Hbond substituents is 2. The van der Waals surface area contributed by atoms with E-state index in [4.69, 9.17) is 0 Å². The number of hydrogen-bond donors (Lipinski definition) is 3. The lowest BCUT2D eigenvalue weighted by Gasteiger charge is -2.33. The van der Waals surface area contributed by atoms with E-state index in [1.165, 1.54) is 17.7 Å². The SMILES string of the molecule is CC1=C[C@H](c2cc(/C=C/C(O)=C/C(=O)/C=C/c3ccc(O)cc3)ccc2O)[C@@H](C(C)C)CC1. The highest BCUT2D eigenvalue weighted by atomic mass is 16.3. The molecule has 0 saturated heterocycles. The number of benzene rings is 2. The summed E-state index contributed by atoms with van der Waals surface area (Å²) in [6.45, 7) is 6.59.